The standard InChI is InChI=1S/C8H8ClNO2.Na/c9-6-3-1-5(2-4-6)7(10)8(11)12;/h1-4,7H,10H2,(H,11,12);. The Morgan fingerprint density at radius 2 is 1.85 bits per heavy atom. The second-order valence-corrected chi connectivity index (χ2v) is 2.80. The molecule has 3 N–H and O–H groups in total. The normalized spacial score (nSPS) is 11.5. The monoisotopic (exact) mass is 208 g/mol. The Morgan fingerprint density at radius 1 is 1.38 bits per heavy atom. The van der Waals surface area contributed by atoms with Crippen molar-refractivity contribution in [2.45, 2.75) is 6.04 Å². The van der Waals surface area contributed by atoms with Crippen LogP contribution < -0.4 is 5.73 Å². The van der Waals surface area contributed by atoms with E-state index in [0.717, 1.165) is 0 Å². The number of aliphatic carboxylic acids is 1. The summed E-state index contributed by atoms with van der Waals surface area (Å²) in [6.07, 6.45) is 0. The van der Waals surface area contributed by atoms with Gasteiger partial charge in [0.1, 0.15) is 6.04 Å². The fourth-order valence-electron chi connectivity index (χ4n) is 0.813. The first kappa shape index (κ1) is 12.9. The van der Waals surface area contributed by atoms with Crippen molar-refractivity contribution in [2.24, 2.45) is 5.73 Å². The van der Waals surface area contributed by atoms with E-state index in [4.69, 9.17) is 22.4 Å². The van der Waals surface area contributed by atoms with Crippen LogP contribution in [0.2, 0.25) is 5.02 Å². The van der Waals surface area contributed by atoms with Gasteiger partial charge in [0.15, 0.2) is 0 Å². The quantitative estimate of drug-likeness (QED) is 0.714. The first-order valence-electron chi connectivity index (χ1n) is 3.35. The van der Waals surface area contributed by atoms with Crippen molar-refractivity contribution in [3.05, 3.63) is 34.9 Å². The Labute approximate surface area is 103 Å². The van der Waals surface area contributed by atoms with Gasteiger partial charge in [-0.1, -0.05) is 23.7 Å². The van der Waals surface area contributed by atoms with Crippen LogP contribution in [0.3, 0.4) is 0 Å². The number of carboxylic acid groups (broad SMARTS) is 1. The fraction of sp³-hybridized carbons (Fsp3) is 0.125. The van der Waals surface area contributed by atoms with Crippen LogP contribution in [-0.4, -0.2) is 40.6 Å². The minimum absolute atomic E-state index is 0. The molecular weight excluding hydrogens is 201 g/mol. The molecule has 1 atom stereocenters. The number of hydrogen-bond donors (Lipinski definition) is 2. The Balaban J connectivity index is 0.00000144. The molecule has 1 rings (SSSR count). The zero-order chi connectivity index (χ0) is 9.14. The van der Waals surface area contributed by atoms with Crippen molar-refractivity contribution >= 4 is 47.1 Å². The van der Waals surface area contributed by atoms with E-state index in [1.165, 1.54) is 0 Å². The second-order valence-electron chi connectivity index (χ2n) is 2.37. The minimum Gasteiger partial charge on any atom is -0.480 e. The first-order valence-corrected chi connectivity index (χ1v) is 3.73. The molecule has 0 saturated heterocycles. The maximum atomic E-state index is 10.4. The second kappa shape index (κ2) is 5.62. The molecule has 65 valence electrons. The maximum absolute atomic E-state index is 10.4. The largest absolute Gasteiger partial charge is 0.480 e. The van der Waals surface area contributed by atoms with Crippen LogP contribution in [0, 0.1) is 0 Å². The summed E-state index contributed by atoms with van der Waals surface area (Å²) in [5, 5.41) is 9.11. The third-order valence-electron chi connectivity index (χ3n) is 1.50. The van der Waals surface area contributed by atoms with Crippen LogP contribution in [0.25, 0.3) is 0 Å². The SMILES string of the molecule is NC(C(=O)O)c1ccc(Cl)cc1.[Na]. The molecule has 5 heteroatoms. The molecule has 0 amide bonds. The molecule has 0 fully saturated rings. The van der Waals surface area contributed by atoms with E-state index in [0.29, 0.717) is 10.6 Å². The van der Waals surface area contributed by atoms with E-state index >= 15 is 0 Å². The van der Waals surface area contributed by atoms with E-state index in [9.17, 15) is 4.79 Å². The van der Waals surface area contributed by atoms with Crippen molar-refractivity contribution in [2.75, 3.05) is 0 Å². The van der Waals surface area contributed by atoms with Gasteiger partial charge in [0.25, 0.3) is 0 Å². The zero-order valence-electron chi connectivity index (χ0n) is 7.20. The predicted molar refractivity (Wildman–Crippen MR) is 51.8 cm³/mol. The molecule has 0 bridgehead atoms. The number of carbonyl (C=O) groups is 1. The molecule has 0 aliphatic rings. The molecule has 1 aromatic rings. The van der Waals surface area contributed by atoms with Gasteiger partial charge in [-0.15, -0.1) is 0 Å². The summed E-state index contributed by atoms with van der Waals surface area (Å²) in [5.74, 6) is -1.04. The number of rotatable bonds is 2. The molecule has 0 spiro atoms. The number of carboxylic acids is 1. The van der Waals surface area contributed by atoms with Crippen molar-refractivity contribution < 1.29 is 9.90 Å². The third kappa shape index (κ3) is 3.67. The average Bonchev–Trinajstić information content (AvgIpc) is 2.04. The van der Waals surface area contributed by atoms with E-state index in [1.807, 2.05) is 0 Å². The molecule has 0 aliphatic heterocycles. The van der Waals surface area contributed by atoms with Crippen LogP contribution in [0.5, 0.6) is 0 Å². The molecule has 0 aliphatic carbocycles. The molecule has 0 heterocycles. The third-order valence-corrected chi connectivity index (χ3v) is 1.75. The number of nitrogens with two attached hydrogens (primary N) is 1. The van der Waals surface area contributed by atoms with E-state index < -0.39 is 12.0 Å². The summed E-state index contributed by atoms with van der Waals surface area (Å²) in [4.78, 5) is 10.4. The van der Waals surface area contributed by atoms with Crippen LogP contribution in [0.1, 0.15) is 11.6 Å². The van der Waals surface area contributed by atoms with Gasteiger partial charge < -0.3 is 10.8 Å². The summed E-state index contributed by atoms with van der Waals surface area (Å²) < 4.78 is 0. The minimum atomic E-state index is -1.04. The Hall–Kier alpha value is -0.0600. The molecule has 3 nitrogen and oxygen atoms in total. The average molecular weight is 209 g/mol. The predicted octanol–water partition coefficient (Wildman–Crippen LogP) is 1.04. The molecule has 1 radical (unpaired) electrons. The van der Waals surface area contributed by atoms with Crippen molar-refractivity contribution in [3.63, 3.8) is 0 Å². The Morgan fingerprint density at radius 3 is 2.23 bits per heavy atom. The Kier molecular flexibility index (Phi) is 5.60. The van der Waals surface area contributed by atoms with Crippen LogP contribution in [0.4, 0.5) is 0 Å². The fourth-order valence-corrected chi connectivity index (χ4v) is 0.939. The Bertz CT molecular complexity index is 289. The van der Waals surface area contributed by atoms with Gasteiger partial charge in [0.05, 0.1) is 0 Å². The number of hydrogen-bond acceptors (Lipinski definition) is 2. The van der Waals surface area contributed by atoms with Crippen LogP contribution in [0.15, 0.2) is 24.3 Å². The smallest absolute Gasteiger partial charge is 0.325 e. The molecule has 13 heavy (non-hydrogen) atoms. The van der Waals surface area contributed by atoms with Crippen molar-refractivity contribution in [1.82, 2.24) is 0 Å². The summed E-state index contributed by atoms with van der Waals surface area (Å²) in [7, 11) is 0. The van der Waals surface area contributed by atoms with Gasteiger partial charge in [-0.05, 0) is 17.7 Å². The van der Waals surface area contributed by atoms with Crippen LogP contribution in [-0.2, 0) is 4.79 Å². The number of halogens is 1. The summed E-state index contributed by atoms with van der Waals surface area (Å²) in [6.45, 7) is 0. The molecule has 0 saturated carbocycles. The van der Waals surface area contributed by atoms with E-state index in [1.54, 1.807) is 24.3 Å². The van der Waals surface area contributed by atoms with Crippen LogP contribution >= 0.6 is 11.6 Å². The van der Waals surface area contributed by atoms with Gasteiger partial charge in [-0.2, -0.15) is 0 Å². The molecule has 0 aromatic heterocycles. The topological polar surface area (TPSA) is 63.3 Å². The molecular formula is C8H8ClNNaO2. The number of benzene rings is 1. The maximum Gasteiger partial charge on any atom is 0.325 e. The first-order chi connectivity index (χ1) is 5.61. The van der Waals surface area contributed by atoms with E-state index in [-0.39, 0.29) is 29.6 Å². The molecule has 1 aromatic carbocycles. The molecule has 1 unspecified atom stereocenters. The van der Waals surface area contributed by atoms with Gasteiger partial charge in [0.2, 0.25) is 0 Å². The van der Waals surface area contributed by atoms with Crippen molar-refractivity contribution in [1.29, 1.82) is 0 Å². The summed E-state index contributed by atoms with van der Waals surface area (Å²) in [6, 6.07) is 5.45. The zero-order valence-corrected chi connectivity index (χ0v) is 9.95. The van der Waals surface area contributed by atoms with Gasteiger partial charge in [-0.25, -0.2) is 0 Å². The summed E-state index contributed by atoms with van der Waals surface area (Å²) in [5.41, 5.74) is 5.89. The van der Waals surface area contributed by atoms with E-state index in [2.05, 4.69) is 0 Å². The van der Waals surface area contributed by atoms with Crippen molar-refractivity contribution in [3.8, 4) is 0 Å². The van der Waals surface area contributed by atoms with Gasteiger partial charge in [-0.3, -0.25) is 4.79 Å². The van der Waals surface area contributed by atoms with Gasteiger partial charge >= 0.3 is 5.97 Å². The van der Waals surface area contributed by atoms with Gasteiger partial charge in [0, 0.05) is 34.6 Å². The summed E-state index contributed by atoms with van der Waals surface area (Å²) >= 11 is 5.61.